The zero-order valence-electron chi connectivity index (χ0n) is 9.94. The van der Waals surface area contributed by atoms with Gasteiger partial charge in [0.05, 0.1) is 0 Å². The minimum atomic E-state index is 0.755. The number of nitrogens with one attached hydrogen (secondary N) is 1. The summed E-state index contributed by atoms with van der Waals surface area (Å²) >= 11 is 0. The number of ether oxygens (including phenoxy) is 1. The maximum atomic E-state index is 5.76. The third kappa shape index (κ3) is 2.85. The molecule has 2 rings (SSSR count). The van der Waals surface area contributed by atoms with Crippen LogP contribution in [0.25, 0.3) is 10.8 Å². The summed E-state index contributed by atoms with van der Waals surface area (Å²) in [5.41, 5.74) is 6.53. The average Bonchev–Trinajstić information content (AvgIpc) is 2.34. The molecule has 90 valence electrons. The number of anilines is 2. The number of hydrogen-bond acceptors (Lipinski definition) is 4. The molecule has 3 N–H and O–H groups in total. The number of nitrogens with zero attached hydrogens (tertiary/aromatic N) is 1. The average molecular weight is 231 g/mol. The van der Waals surface area contributed by atoms with Crippen molar-refractivity contribution >= 4 is 22.3 Å². The van der Waals surface area contributed by atoms with E-state index < -0.39 is 0 Å². The predicted molar refractivity (Wildman–Crippen MR) is 71.1 cm³/mol. The first-order chi connectivity index (χ1) is 8.31. The fourth-order valence-electron chi connectivity index (χ4n) is 1.76. The quantitative estimate of drug-likeness (QED) is 0.612. The summed E-state index contributed by atoms with van der Waals surface area (Å²) < 4.78 is 5.01. The van der Waals surface area contributed by atoms with Gasteiger partial charge in [-0.15, -0.1) is 0 Å². The van der Waals surface area contributed by atoms with E-state index >= 15 is 0 Å². The SMILES string of the molecule is COCCCNc1nccc2cc(N)ccc12. The molecule has 0 saturated heterocycles. The molecular formula is C13H17N3O. The summed E-state index contributed by atoms with van der Waals surface area (Å²) in [5.74, 6) is 0.901. The topological polar surface area (TPSA) is 60.2 Å². The van der Waals surface area contributed by atoms with E-state index in [0.717, 1.165) is 41.9 Å². The van der Waals surface area contributed by atoms with Gasteiger partial charge in [-0.2, -0.15) is 0 Å². The number of nitrogens with two attached hydrogens (primary N) is 1. The van der Waals surface area contributed by atoms with Crippen LogP contribution in [0.4, 0.5) is 11.5 Å². The van der Waals surface area contributed by atoms with Crippen LogP contribution in [0.1, 0.15) is 6.42 Å². The predicted octanol–water partition coefficient (Wildman–Crippen LogP) is 2.27. The van der Waals surface area contributed by atoms with E-state index in [9.17, 15) is 0 Å². The van der Waals surface area contributed by atoms with Crippen LogP contribution in [0.5, 0.6) is 0 Å². The normalized spacial score (nSPS) is 10.6. The second-order valence-corrected chi connectivity index (χ2v) is 3.91. The highest BCUT2D eigenvalue weighted by Gasteiger charge is 2.01. The van der Waals surface area contributed by atoms with Crippen molar-refractivity contribution in [2.24, 2.45) is 0 Å². The molecule has 0 aliphatic rings. The van der Waals surface area contributed by atoms with Crippen LogP contribution in [-0.4, -0.2) is 25.2 Å². The van der Waals surface area contributed by atoms with Gasteiger partial charge in [0.1, 0.15) is 5.82 Å². The van der Waals surface area contributed by atoms with Crippen LogP contribution in [0.3, 0.4) is 0 Å². The Bertz CT molecular complexity index is 499. The number of benzene rings is 1. The number of methoxy groups -OCH3 is 1. The molecule has 2 aromatic rings. The fourth-order valence-corrected chi connectivity index (χ4v) is 1.76. The van der Waals surface area contributed by atoms with Gasteiger partial charge in [-0.1, -0.05) is 0 Å². The molecule has 0 unspecified atom stereocenters. The smallest absolute Gasteiger partial charge is 0.133 e. The van der Waals surface area contributed by atoms with Crippen molar-refractivity contribution in [2.45, 2.75) is 6.42 Å². The Morgan fingerprint density at radius 1 is 1.35 bits per heavy atom. The van der Waals surface area contributed by atoms with Crippen LogP contribution in [0.15, 0.2) is 30.5 Å². The van der Waals surface area contributed by atoms with Crippen molar-refractivity contribution in [3.8, 4) is 0 Å². The Morgan fingerprint density at radius 2 is 2.24 bits per heavy atom. The third-order valence-corrected chi connectivity index (χ3v) is 2.61. The minimum Gasteiger partial charge on any atom is -0.399 e. The lowest BCUT2D eigenvalue weighted by atomic mass is 10.1. The second kappa shape index (κ2) is 5.50. The summed E-state index contributed by atoms with van der Waals surface area (Å²) in [6.45, 7) is 1.61. The van der Waals surface area contributed by atoms with Crippen molar-refractivity contribution in [1.29, 1.82) is 0 Å². The van der Waals surface area contributed by atoms with Gasteiger partial charge < -0.3 is 15.8 Å². The maximum absolute atomic E-state index is 5.76. The summed E-state index contributed by atoms with van der Waals surface area (Å²) in [7, 11) is 1.71. The van der Waals surface area contributed by atoms with Crippen molar-refractivity contribution in [3.05, 3.63) is 30.5 Å². The number of rotatable bonds is 5. The first-order valence-electron chi connectivity index (χ1n) is 5.68. The van der Waals surface area contributed by atoms with E-state index in [0.29, 0.717) is 0 Å². The zero-order valence-corrected chi connectivity index (χ0v) is 9.94. The molecule has 0 aliphatic carbocycles. The lowest BCUT2D eigenvalue weighted by Gasteiger charge is -2.08. The molecule has 1 heterocycles. The lowest BCUT2D eigenvalue weighted by molar-refractivity contribution is 0.198. The molecule has 4 nitrogen and oxygen atoms in total. The van der Waals surface area contributed by atoms with Gasteiger partial charge in [-0.05, 0) is 36.1 Å². The summed E-state index contributed by atoms with van der Waals surface area (Å²) in [6, 6.07) is 7.81. The number of aromatic nitrogens is 1. The van der Waals surface area contributed by atoms with E-state index in [2.05, 4.69) is 10.3 Å². The van der Waals surface area contributed by atoms with Crippen LogP contribution < -0.4 is 11.1 Å². The third-order valence-electron chi connectivity index (χ3n) is 2.61. The Hall–Kier alpha value is -1.81. The Kier molecular flexibility index (Phi) is 3.77. The van der Waals surface area contributed by atoms with E-state index in [1.807, 2.05) is 24.3 Å². The molecule has 0 aliphatic heterocycles. The Balaban J connectivity index is 2.16. The van der Waals surface area contributed by atoms with Gasteiger partial charge in [0.25, 0.3) is 0 Å². The van der Waals surface area contributed by atoms with Crippen molar-refractivity contribution in [3.63, 3.8) is 0 Å². The maximum Gasteiger partial charge on any atom is 0.133 e. The van der Waals surface area contributed by atoms with Crippen molar-refractivity contribution in [1.82, 2.24) is 4.98 Å². The van der Waals surface area contributed by atoms with Gasteiger partial charge in [0, 0.05) is 37.5 Å². The van der Waals surface area contributed by atoms with Crippen LogP contribution >= 0.6 is 0 Å². The minimum absolute atomic E-state index is 0.755. The van der Waals surface area contributed by atoms with E-state index in [4.69, 9.17) is 10.5 Å². The van der Waals surface area contributed by atoms with Crippen LogP contribution in [-0.2, 0) is 4.74 Å². The highest BCUT2D eigenvalue weighted by atomic mass is 16.5. The first-order valence-corrected chi connectivity index (χ1v) is 5.68. The number of fused-ring (bicyclic) bond motifs is 1. The zero-order chi connectivity index (χ0) is 12.1. The highest BCUT2D eigenvalue weighted by Crippen LogP contribution is 2.22. The summed E-state index contributed by atoms with van der Waals surface area (Å²) in [4.78, 5) is 4.34. The molecule has 0 radical (unpaired) electrons. The highest BCUT2D eigenvalue weighted by molar-refractivity contribution is 5.93. The number of pyridine rings is 1. The molecule has 0 spiro atoms. The molecule has 1 aromatic carbocycles. The fraction of sp³-hybridized carbons (Fsp3) is 0.308. The van der Waals surface area contributed by atoms with E-state index in [-0.39, 0.29) is 0 Å². The summed E-state index contributed by atoms with van der Waals surface area (Å²) in [6.07, 6.45) is 2.75. The van der Waals surface area contributed by atoms with Crippen molar-refractivity contribution < 1.29 is 4.74 Å². The molecule has 1 aromatic heterocycles. The standard InChI is InChI=1S/C13H17N3O/c1-17-8-2-6-15-13-12-4-3-11(14)9-10(12)5-7-16-13/h3-5,7,9H,2,6,8,14H2,1H3,(H,15,16). The van der Waals surface area contributed by atoms with E-state index in [1.165, 1.54) is 0 Å². The molecule has 0 saturated carbocycles. The molecule has 0 fully saturated rings. The van der Waals surface area contributed by atoms with Gasteiger partial charge >= 0.3 is 0 Å². The lowest BCUT2D eigenvalue weighted by Crippen LogP contribution is -2.06. The van der Waals surface area contributed by atoms with Crippen molar-refractivity contribution in [2.75, 3.05) is 31.3 Å². The number of nitrogen functional groups attached to an aromatic ring is 1. The van der Waals surface area contributed by atoms with Gasteiger partial charge in [-0.3, -0.25) is 0 Å². The monoisotopic (exact) mass is 231 g/mol. The van der Waals surface area contributed by atoms with Gasteiger partial charge in [-0.25, -0.2) is 4.98 Å². The van der Waals surface area contributed by atoms with Crippen LogP contribution in [0.2, 0.25) is 0 Å². The van der Waals surface area contributed by atoms with E-state index in [1.54, 1.807) is 13.3 Å². The Labute approximate surface area is 101 Å². The molecule has 4 heteroatoms. The molecular weight excluding hydrogens is 214 g/mol. The van der Waals surface area contributed by atoms with Gasteiger partial charge in [0.2, 0.25) is 0 Å². The molecule has 0 bridgehead atoms. The first kappa shape index (κ1) is 11.7. The largest absolute Gasteiger partial charge is 0.399 e. The summed E-state index contributed by atoms with van der Waals surface area (Å²) in [5, 5.41) is 5.51. The van der Waals surface area contributed by atoms with Crippen LogP contribution in [0, 0.1) is 0 Å². The number of hydrogen-bond donors (Lipinski definition) is 2. The Morgan fingerprint density at radius 3 is 3.06 bits per heavy atom. The van der Waals surface area contributed by atoms with Gasteiger partial charge in [0.15, 0.2) is 0 Å². The second-order valence-electron chi connectivity index (χ2n) is 3.91. The molecule has 0 atom stereocenters. The molecule has 0 amide bonds. The molecule has 17 heavy (non-hydrogen) atoms.